The first-order valence-electron chi connectivity index (χ1n) is 10.7. The van der Waals surface area contributed by atoms with Gasteiger partial charge in [0.1, 0.15) is 0 Å². The number of likely N-dealkylation sites (tertiary alicyclic amines) is 1. The van der Waals surface area contributed by atoms with Gasteiger partial charge in [0.2, 0.25) is 0 Å². The fourth-order valence-electron chi connectivity index (χ4n) is 6.58. The van der Waals surface area contributed by atoms with E-state index in [9.17, 15) is 18.3 Å². The molecule has 2 N–H and O–H groups in total. The number of nitrogens with one attached hydrogen (secondary N) is 1. The van der Waals surface area contributed by atoms with E-state index in [0.29, 0.717) is 16.5 Å². The molecule has 0 amide bonds. The number of nitrogens with zero attached hydrogens (tertiary/aromatic N) is 1. The third kappa shape index (κ3) is 2.76. The average molecular weight is 441 g/mol. The van der Waals surface area contributed by atoms with Crippen molar-refractivity contribution in [1.29, 1.82) is 0 Å². The summed E-state index contributed by atoms with van der Waals surface area (Å²) < 4.78 is 23.3. The Morgan fingerprint density at radius 1 is 1.23 bits per heavy atom. The topological polar surface area (TPSA) is 86.7 Å². The number of sulfone groups is 1. The molecule has 1 heterocycles. The highest BCUT2D eigenvalue weighted by Gasteiger charge is 2.78. The van der Waals surface area contributed by atoms with Gasteiger partial charge in [0.05, 0.1) is 10.5 Å². The van der Waals surface area contributed by atoms with E-state index in [1.807, 2.05) is 24.3 Å². The van der Waals surface area contributed by atoms with Crippen LogP contribution in [-0.2, 0) is 28.1 Å². The van der Waals surface area contributed by atoms with Crippen LogP contribution in [0, 0.1) is 5.41 Å². The van der Waals surface area contributed by atoms with Crippen LogP contribution in [-0.4, -0.2) is 62.9 Å². The number of aromatic carboxylic acids is 1. The number of carbonyl (C=O) groups is 1. The summed E-state index contributed by atoms with van der Waals surface area (Å²) in [5.74, 6) is -0.879. The van der Waals surface area contributed by atoms with Crippen LogP contribution in [0.3, 0.4) is 0 Å². The van der Waals surface area contributed by atoms with Gasteiger partial charge in [-0.3, -0.25) is 0 Å². The number of fused-ring (bicyclic) bond motifs is 2. The van der Waals surface area contributed by atoms with Crippen LogP contribution < -0.4 is 5.32 Å². The molecule has 0 bridgehead atoms. The van der Waals surface area contributed by atoms with Gasteiger partial charge in [-0.05, 0) is 67.4 Å². The average Bonchev–Trinajstić information content (AvgIpc) is 2.94. The molecular formula is C24H28N2O4S. The van der Waals surface area contributed by atoms with Crippen molar-refractivity contribution in [2.75, 3.05) is 26.4 Å². The zero-order valence-corrected chi connectivity index (χ0v) is 18.9. The van der Waals surface area contributed by atoms with Crippen LogP contribution in [0.5, 0.6) is 0 Å². The molecule has 4 unspecified atom stereocenters. The normalized spacial score (nSPS) is 31.2. The Hall–Kier alpha value is -2.22. The summed E-state index contributed by atoms with van der Waals surface area (Å²) in [4.78, 5) is 14.3. The van der Waals surface area contributed by atoms with Crippen LogP contribution in [0.1, 0.15) is 34.0 Å². The summed E-state index contributed by atoms with van der Waals surface area (Å²) in [6, 6.07) is 13.4. The van der Waals surface area contributed by atoms with Crippen LogP contribution in [0.15, 0.2) is 47.4 Å². The zero-order chi connectivity index (χ0) is 22.2. The highest BCUT2D eigenvalue weighted by Crippen LogP contribution is 2.70. The first-order chi connectivity index (χ1) is 14.6. The minimum absolute atomic E-state index is 0.0783. The standard InChI is InChI=1S/C24H28N2O4S/c1-23-19-12-16(22(27)28)6-7-17(19)13-24(23)14-26(2)21(24)20(23)25-11-10-15-4-8-18(9-5-15)31(3,29)30/h4-9,12,20-21,25H,10-11,13-14H2,1-3H3,(H,27,28). The quantitative estimate of drug-likeness (QED) is 0.716. The molecule has 3 aliphatic rings. The fourth-order valence-corrected chi connectivity index (χ4v) is 7.21. The van der Waals surface area contributed by atoms with Crippen molar-refractivity contribution < 1.29 is 18.3 Å². The molecule has 5 rings (SSSR count). The van der Waals surface area contributed by atoms with E-state index >= 15 is 0 Å². The van der Waals surface area contributed by atoms with Crippen LogP contribution in [0.4, 0.5) is 0 Å². The van der Waals surface area contributed by atoms with Gasteiger partial charge >= 0.3 is 5.97 Å². The van der Waals surface area contributed by atoms with Gasteiger partial charge in [-0.25, -0.2) is 13.2 Å². The van der Waals surface area contributed by atoms with E-state index in [4.69, 9.17) is 0 Å². The number of carboxylic acids is 1. The second kappa shape index (κ2) is 6.64. The summed E-state index contributed by atoms with van der Waals surface area (Å²) in [6.45, 7) is 4.12. The minimum atomic E-state index is -3.18. The Kier molecular flexibility index (Phi) is 4.43. The number of benzene rings is 2. The molecule has 1 saturated carbocycles. The molecule has 31 heavy (non-hydrogen) atoms. The molecule has 2 fully saturated rings. The third-order valence-corrected chi connectivity index (χ3v) is 9.22. The predicted molar refractivity (Wildman–Crippen MR) is 118 cm³/mol. The lowest BCUT2D eigenvalue weighted by Crippen LogP contribution is -2.89. The lowest BCUT2D eigenvalue weighted by molar-refractivity contribution is -0.215. The van der Waals surface area contributed by atoms with E-state index in [-0.39, 0.29) is 16.9 Å². The van der Waals surface area contributed by atoms with Crippen molar-refractivity contribution in [3.63, 3.8) is 0 Å². The molecule has 4 atom stereocenters. The van der Waals surface area contributed by atoms with Gasteiger partial charge in [-0.2, -0.15) is 0 Å². The van der Waals surface area contributed by atoms with Crippen LogP contribution in [0.25, 0.3) is 0 Å². The number of rotatable bonds is 6. The van der Waals surface area contributed by atoms with Crippen molar-refractivity contribution in [3.8, 4) is 0 Å². The van der Waals surface area contributed by atoms with Crippen molar-refractivity contribution in [3.05, 3.63) is 64.7 Å². The third-order valence-electron chi connectivity index (χ3n) is 8.10. The first-order valence-corrected chi connectivity index (χ1v) is 12.6. The van der Waals surface area contributed by atoms with Crippen LogP contribution in [0.2, 0.25) is 0 Å². The number of hydrogen-bond acceptors (Lipinski definition) is 5. The molecule has 0 aromatic heterocycles. The molecule has 2 aromatic rings. The SMILES string of the molecule is CN1CC23Cc4ccc(C(=O)O)cc4C2(C)C(NCCc2ccc(S(C)(=O)=O)cc2)C13. The lowest BCUT2D eigenvalue weighted by atomic mass is 9.40. The van der Waals surface area contributed by atoms with E-state index in [2.05, 4.69) is 24.2 Å². The van der Waals surface area contributed by atoms with Crippen LogP contribution >= 0.6 is 0 Å². The van der Waals surface area contributed by atoms with Gasteiger partial charge < -0.3 is 15.3 Å². The second-order valence-electron chi connectivity index (χ2n) is 9.67. The Labute approximate surface area is 183 Å². The maximum atomic E-state index is 11.7. The minimum Gasteiger partial charge on any atom is -0.478 e. The van der Waals surface area contributed by atoms with Crippen molar-refractivity contribution in [2.24, 2.45) is 5.41 Å². The number of hydrogen-bond donors (Lipinski definition) is 2. The largest absolute Gasteiger partial charge is 0.478 e. The highest BCUT2D eigenvalue weighted by atomic mass is 32.2. The monoisotopic (exact) mass is 440 g/mol. The summed E-state index contributed by atoms with van der Waals surface area (Å²) in [5.41, 5.74) is 4.04. The molecule has 1 saturated heterocycles. The molecule has 164 valence electrons. The molecule has 7 heteroatoms. The maximum absolute atomic E-state index is 11.7. The molecule has 1 spiro atoms. The van der Waals surface area contributed by atoms with Gasteiger partial charge in [0.15, 0.2) is 9.84 Å². The van der Waals surface area contributed by atoms with Crippen molar-refractivity contribution in [1.82, 2.24) is 10.2 Å². The molecule has 1 aliphatic heterocycles. The number of piperidine rings is 1. The number of likely N-dealkylation sites (N-methyl/N-ethyl adjacent to an activating group) is 1. The molecule has 2 aromatic carbocycles. The fraction of sp³-hybridized carbons (Fsp3) is 0.458. The summed E-state index contributed by atoms with van der Waals surface area (Å²) >= 11 is 0. The zero-order valence-electron chi connectivity index (χ0n) is 18.1. The Bertz CT molecular complexity index is 1180. The summed E-state index contributed by atoms with van der Waals surface area (Å²) in [7, 11) is -1.01. The van der Waals surface area contributed by atoms with Gasteiger partial charge in [0, 0.05) is 35.7 Å². The number of carboxylic acid groups (broad SMARTS) is 1. The van der Waals surface area contributed by atoms with Gasteiger partial charge in [-0.15, -0.1) is 0 Å². The van der Waals surface area contributed by atoms with E-state index in [0.717, 1.165) is 31.5 Å². The van der Waals surface area contributed by atoms with E-state index in [1.54, 1.807) is 18.2 Å². The molecule has 0 radical (unpaired) electrons. The Balaban J connectivity index is 1.35. The van der Waals surface area contributed by atoms with E-state index < -0.39 is 15.8 Å². The Morgan fingerprint density at radius 3 is 2.55 bits per heavy atom. The van der Waals surface area contributed by atoms with Crippen molar-refractivity contribution in [2.45, 2.75) is 42.2 Å². The summed E-state index contributed by atoms with van der Waals surface area (Å²) in [5, 5.41) is 13.2. The molecule has 2 aliphatic carbocycles. The second-order valence-corrected chi connectivity index (χ2v) is 11.7. The highest BCUT2D eigenvalue weighted by molar-refractivity contribution is 7.90. The predicted octanol–water partition coefficient (Wildman–Crippen LogP) is 2.12. The molecular weight excluding hydrogens is 412 g/mol. The lowest BCUT2D eigenvalue weighted by Gasteiger charge is -2.76. The maximum Gasteiger partial charge on any atom is 0.335 e. The summed E-state index contributed by atoms with van der Waals surface area (Å²) in [6.07, 6.45) is 3.04. The first kappa shape index (κ1) is 20.7. The Morgan fingerprint density at radius 2 is 1.94 bits per heavy atom. The van der Waals surface area contributed by atoms with Gasteiger partial charge in [0.25, 0.3) is 0 Å². The smallest absolute Gasteiger partial charge is 0.335 e. The molecule has 6 nitrogen and oxygen atoms in total. The van der Waals surface area contributed by atoms with Crippen molar-refractivity contribution >= 4 is 15.8 Å². The van der Waals surface area contributed by atoms with E-state index in [1.165, 1.54) is 17.4 Å². The van der Waals surface area contributed by atoms with Gasteiger partial charge in [-0.1, -0.05) is 25.1 Å².